The SMILES string of the molecule is CC(=O)O[C@H]1CC[C@@]2(C(C)=O)C(=CCC3C2CC[C@@]2(C)C3CC[C@@H]2OC(C)=O)C1. The van der Waals surface area contributed by atoms with Gasteiger partial charge in [0.1, 0.15) is 18.0 Å². The van der Waals surface area contributed by atoms with Gasteiger partial charge in [-0.1, -0.05) is 18.6 Å². The Labute approximate surface area is 173 Å². The molecule has 3 fully saturated rings. The molecular weight excluding hydrogens is 368 g/mol. The van der Waals surface area contributed by atoms with E-state index in [-0.39, 0.29) is 40.8 Å². The van der Waals surface area contributed by atoms with Gasteiger partial charge in [0.2, 0.25) is 0 Å². The fourth-order valence-corrected chi connectivity index (χ4v) is 7.62. The van der Waals surface area contributed by atoms with Crippen LogP contribution in [0.4, 0.5) is 0 Å². The van der Waals surface area contributed by atoms with E-state index in [1.165, 1.54) is 19.4 Å². The number of hydrogen-bond acceptors (Lipinski definition) is 5. The number of allylic oxidation sites excluding steroid dienone is 1. The van der Waals surface area contributed by atoms with Crippen LogP contribution in [0, 0.1) is 28.6 Å². The minimum atomic E-state index is -0.388. The highest BCUT2D eigenvalue weighted by atomic mass is 16.5. The molecule has 29 heavy (non-hydrogen) atoms. The predicted molar refractivity (Wildman–Crippen MR) is 108 cm³/mol. The van der Waals surface area contributed by atoms with Crippen LogP contribution in [0.2, 0.25) is 0 Å². The molecule has 0 aromatic carbocycles. The van der Waals surface area contributed by atoms with Crippen LogP contribution in [0.1, 0.15) is 79.1 Å². The van der Waals surface area contributed by atoms with Crippen molar-refractivity contribution in [2.45, 2.75) is 91.3 Å². The minimum absolute atomic E-state index is 0.00399. The Morgan fingerprint density at radius 3 is 2.31 bits per heavy atom. The van der Waals surface area contributed by atoms with E-state index in [9.17, 15) is 14.4 Å². The van der Waals surface area contributed by atoms with E-state index in [1.54, 1.807) is 6.92 Å². The molecule has 3 unspecified atom stereocenters. The number of esters is 2. The summed E-state index contributed by atoms with van der Waals surface area (Å²) in [7, 11) is 0. The molecule has 4 rings (SSSR count). The van der Waals surface area contributed by atoms with Gasteiger partial charge in [0.25, 0.3) is 0 Å². The van der Waals surface area contributed by atoms with E-state index in [2.05, 4.69) is 13.0 Å². The second-order valence-corrected chi connectivity index (χ2v) is 10.1. The van der Waals surface area contributed by atoms with Gasteiger partial charge in [0, 0.05) is 25.7 Å². The second-order valence-electron chi connectivity index (χ2n) is 10.1. The zero-order chi connectivity index (χ0) is 21.0. The second kappa shape index (κ2) is 7.24. The normalized spacial score (nSPS) is 43.3. The predicted octanol–water partition coefficient (Wildman–Crippen LogP) is 4.38. The zero-order valence-corrected chi connectivity index (χ0v) is 18.2. The highest BCUT2D eigenvalue weighted by Crippen LogP contribution is 2.65. The van der Waals surface area contributed by atoms with E-state index in [1.807, 2.05) is 0 Å². The molecule has 0 radical (unpaired) electrons. The van der Waals surface area contributed by atoms with Crippen molar-refractivity contribution >= 4 is 17.7 Å². The van der Waals surface area contributed by atoms with Crippen LogP contribution in [0.25, 0.3) is 0 Å². The fraction of sp³-hybridized carbons (Fsp3) is 0.792. The maximum Gasteiger partial charge on any atom is 0.302 e. The summed E-state index contributed by atoms with van der Waals surface area (Å²) in [5, 5.41) is 0. The Morgan fingerprint density at radius 1 is 0.931 bits per heavy atom. The van der Waals surface area contributed by atoms with Crippen molar-refractivity contribution in [3.63, 3.8) is 0 Å². The number of ketones is 1. The molecule has 4 aliphatic carbocycles. The smallest absolute Gasteiger partial charge is 0.302 e. The van der Waals surface area contributed by atoms with Gasteiger partial charge in [-0.2, -0.15) is 0 Å². The number of ether oxygens (including phenoxy) is 2. The first-order chi connectivity index (χ1) is 13.7. The first-order valence-electron chi connectivity index (χ1n) is 11.2. The number of carbonyl (C=O) groups excluding carboxylic acids is 3. The average Bonchev–Trinajstić information content (AvgIpc) is 2.96. The van der Waals surface area contributed by atoms with Gasteiger partial charge < -0.3 is 9.47 Å². The number of hydrogen-bond donors (Lipinski definition) is 0. The van der Waals surface area contributed by atoms with Crippen LogP contribution in [0.15, 0.2) is 11.6 Å². The van der Waals surface area contributed by atoms with Crippen molar-refractivity contribution in [3.05, 3.63) is 11.6 Å². The molecule has 0 spiro atoms. The summed E-state index contributed by atoms with van der Waals surface area (Å²) in [4.78, 5) is 36.2. The maximum atomic E-state index is 13.1. The van der Waals surface area contributed by atoms with Crippen molar-refractivity contribution in [3.8, 4) is 0 Å². The Bertz CT molecular complexity index is 754. The van der Waals surface area contributed by atoms with Gasteiger partial charge in [0.05, 0.1) is 5.41 Å². The Balaban J connectivity index is 1.63. The van der Waals surface area contributed by atoms with Crippen molar-refractivity contribution in [2.75, 3.05) is 0 Å². The largest absolute Gasteiger partial charge is 0.462 e. The summed E-state index contributed by atoms with van der Waals surface area (Å²) < 4.78 is 11.2. The summed E-state index contributed by atoms with van der Waals surface area (Å²) in [5.41, 5.74) is 0.841. The summed E-state index contributed by atoms with van der Waals surface area (Å²) >= 11 is 0. The maximum absolute atomic E-state index is 13.1. The molecule has 3 saturated carbocycles. The Morgan fingerprint density at radius 2 is 1.66 bits per heavy atom. The fourth-order valence-electron chi connectivity index (χ4n) is 7.62. The lowest BCUT2D eigenvalue weighted by atomic mass is 9.46. The quantitative estimate of drug-likeness (QED) is 0.517. The molecule has 0 heterocycles. The number of Topliss-reactive ketones (excluding diaryl/α,β-unsaturated/α-hetero) is 1. The summed E-state index contributed by atoms with van der Waals surface area (Å²) in [6.45, 7) is 7.02. The molecule has 0 amide bonds. The van der Waals surface area contributed by atoms with E-state index >= 15 is 0 Å². The number of carbonyl (C=O) groups is 3. The lowest BCUT2D eigenvalue weighted by Crippen LogP contribution is -2.55. The van der Waals surface area contributed by atoms with Gasteiger partial charge in [-0.05, 0) is 69.6 Å². The third kappa shape index (κ3) is 3.16. The highest BCUT2D eigenvalue weighted by molar-refractivity contribution is 5.86. The summed E-state index contributed by atoms with van der Waals surface area (Å²) in [5.74, 6) is 1.16. The highest BCUT2D eigenvalue weighted by Gasteiger charge is 2.62. The Kier molecular flexibility index (Phi) is 5.15. The molecule has 0 aliphatic heterocycles. The van der Waals surface area contributed by atoms with Crippen molar-refractivity contribution in [2.24, 2.45) is 28.6 Å². The van der Waals surface area contributed by atoms with Gasteiger partial charge in [0.15, 0.2) is 0 Å². The van der Waals surface area contributed by atoms with Crippen molar-refractivity contribution in [1.29, 1.82) is 0 Å². The molecular formula is C24H34O5. The summed E-state index contributed by atoms with van der Waals surface area (Å²) in [6, 6.07) is 0. The van der Waals surface area contributed by atoms with Gasteiger partial charge in [-0.15, -0.1) is 0 Å². The van der Waals surface area contributed by atoms with E-state index in [0.717, 1.165) is 44.9 Å². The first-order valence-corrected chi connectivity index (χ1v) is 11.2. The first kappa shape index (κ1) is 20.6. The van der Waals surface area contributed by atoms with Gasteiger partial charge in [-0.3, -0.25) is 14.4 Å². The van der Waals surface area contributed by atoms with E-state index < -0.39 is 0 Å². The molecule has 7 atom stereocenters. The molecule has 0 aromatic rings. The van der Waals surface area contributed by atoms with Crippen LogP contribution >= 0.6 is 0 Å². The monoisotopic (exact) mass is 402 g/mol. The lowest BCUT2D eigenvalue weighted by Gasteiger charge is -2.57. The van der Waals surface area contributed by atoms with Crippen molar-refractivity contribution in [1.82, 2.24) is 0 Å². The summed E-state index contributed by atoms with van der Waals surface area (Å²) in [6.07, 6.45) is 9.43. The standard InChI is InChI=1S/C24H34O5/c1-14(25)24-12-9-18(28-15(2)26)13-17(24)5-6-19-20-7-8-22(29-16(3)27)23(20,4)11-10-21(19)24/h5,18-22H,6-13H2,1-4H3/t18-,19?,20?,21?,22-,23-,24+/m0/s1. The van der Waals surface area contributed by atoms with Crippen LogP contribution in [-0.2, 0) is 23.9 Å². The third-order valence-corrected chi connectivity index (χ3v) is 8.77. The topological polar surface area (TPSA) is 69.7 Å². The molecule has 0 aromatic heterocycles. The lowest BCUT2D eigenvalue weighted by molar-refractivity contribution is -0.158. The molecule has 160 valence electrons. The van der Waals surface area contributed by atoms with Gasteiger partial charge >= 0.3 is 11.9 Å². The molecule has 0 saturated heterocycles. The van der Waals surface area contributed by atoms with Crippen LogP contribution in [0.5, 0.6) is 0 Å². The van der Waals surface area contributed by atoms with Crippen LogP contribution in [-0.4, -0.2) is 29.9 Å². The van der Waals surface area contributed by atoms with Gasteiger partial charge in [-0.25, -0.2) is 0 Å². The number of fused-ring (bicyclic) bond motifs is 5. The molecule has 0 N–H and O–H groups in total. The minimum Gasteiger partial charge on any atom is -0.462 e. The Hall–Kier alpha value is -1.65. The zero-order valence-electron chi connectivity index (χ0n) is 18.2. The van der Waals surface area contributed by atoms with Crippen molar-refractivity contribution < 1.29 is 23.9 Å². The molecule has 5 heteroatoms. The van der Waals surface area contributed by atoms with Crippen LogP contribution < -0.4 is 0 Å². The average molecular weight is 403 g/mol. The van der Waals surface area contributed by atoms with E-state index in [0.29, 0.717) is 24.2 Å². The molecule has 4 aliphatic rings. The van der Waals surface area contributed by atoms with E-state index in [4.69, 9.17) is 9.47 Å². The third-order valence-electron chi connectivity index (χ3n) is 8.77. The molecule has 0 bridgehead atoms. The number of rotatable bonds is 3. The molecule has 5 nitrogen and oxygen atoms in total. The van der Waals surface area contributed by atoms with Crippen LogP contribution in [0.3, 0.4) is 0 Å².